The van der Waals surface area contributed by atoms with E-state index in [1.807, 2.05) is 12.1 Å². The van der Waals surface area contributed by atoms with Gasteiger partial charge in [-0.1, -0.05) is 0 Å². The normalized spacial score (nSPS) is 11.6. The standard InChI is InChI=1S/C12H23N3O/c1-14(2)8-6-13-7-9-15(3)11-12-5-4-10-16-12/h4-5,10,13H,6-9,11H2,1-3H3. The first-order valence-electron chi connectivity index (χ1n) is 5.75. The minimum absolute atomic E-state index is 0.877. The average molecular weight is 225 g/mol. The molecule has 0 amide bonds. The Morgan fingerprint density at radius 1 is 1.19 bits per heavy atom. The molecule has 0 spiro atoms. The number of hydrogen-bond donors (Lipinski definition) is 1. The Balaban J connectivity index is 2.00. The summed E-state index contributed by atoms with van der Waals surface area (Å²) >= 11 is 0. The van der Waals surface area contributed by atoms with Gasteiger partial charge in [-0.3, -0.25) is 4.90 Å². The Kier molecular flexibility index (Phi) is 6.15. The molecule has 1 aromatic rings. The van der Waals surface area contributed by atoms with Gasteiger partial charge in [0, 0.05) is 26.2 Å². The van der Waals surface area contributed by atoms with Crippen LogP contribution in [0.5, 0.6) is 0 Å². The van der Waals surface area contributed by atoms with Crippen molar-refractivity contribution in [2.75, 3.05) is 47.3 Å². The maximum Gasteiger partial charge on any atom is 0.117 e. The van der Waals surface area contributed by atoms with Crippen LogP contribution in [0.25, 0.3) is 0 Å². The third kappa shape index (κ3) is 5.90. The van der Waals surface area contributed by atoms with Gasteiger partial charge in [0.2, 0.25) is 0 Å². The first-order valence-corrected chi connectivity index (χ1v) is 5.75. The lowest BCUT2D eigenvalue weighted by Crippen LogP contribution is -2.32. The molecule has 0 atom stereocenters. The molecule has 1 rings (SSSR count). The highest BCUT2D eigenvalue weighted by Gasteiger charge is 2.01. The van der Waals surface area contributed by atoms with Crippen LogP contribution in [-0.2, 0) is 6.54 Å². The Morgan fingerprint density at radius 2 is 1.94 bits per heavy atom. The van der Waals surface area contributed by atoms with Crippen molar-refractivity contribution in [3.63, 3.8) is 0 Å². The zero-order chi connectivity index (χ0) is 11.8. The van der Waals surface area contributed by atoms with Gasteiger partial charge in [0.15, 0.2) is 0 Å². The number of furan rings is 1. The van der Waals surface area contributed by atoms with E-state index in [4.69, 9.17) is 4.42 Å². The predicted octanol–water partition coefficient (Wildman–Crippen LogP) is 0.863. The van der Waals surface area contributed by atoms with Crippen LogP contribution in [0.1, 0.15) is 5.76 Å². The molecule has 16 heavy (non-hydrogen) atoms. The fourth-order valence-electron chi connectivity index (χ4n) is 1.45. The summed E-state index contributed by atoms with van der Waals surface area (Å²) in [5.74, 6) is 1.02. The lowest BCUT2D eigenvalue weighted by Gasteiger charge is -2.16. The van der Waals surface area contributed by atoms with Gasteiger partial charge in [-0.25, -0.2) is 0 Å². The van der Waals surface area contributed by atoms with Gasteiger partial charge in [0.05, 0.1) is 12.8 Å². The summed E-state index contributed by atoms with van der Waals surface area (Å²) in [7, 11) is 6.28. The molecule has 0 radical (unpaired) electrons. The van der Waals surface area contributed by atoms with E-state index in [2.05, 4.69) is 36.3 Å². The van der Waals surface area contributed by atoms with Gasteiger partial charge in [0.1, 0.15) is 5.76 Å². The van der Waals surface area contributed by atoms with Crippen LogP contribution in [-0.4, -0.2) is 57.1 Å². The maximum absolute atomic E-state index is 5.29. The van der Waals surface area contributed by atoms with Crippen LogP contribution in [0.2, 0.25) is 0 Å². The molecule has 0 aliphatic heterocycles. The monoisotopic (exact) mass is 225 g/mol. The van der Waals surface area contributed by atoms with Crippen molar-refractivity contribution < 1.29 is 4.42 Å². The van der Waals surface area contributed by atoms with E-state index in [1.165, 1.54) is 0 Å². The van der Waals surface area contributed by atoms with Crippen LogP contribution in [0.3, 0.4) is 0 Å². The van der Waals surface area contributed by atoms with Crippen molar-refractivity contribution in [1.29, 1.82) is 0 Å². The van der Waals surface area contributed by atoms with Gasteiger partial charge < -0.3 is 14.6 Å². The van der Waals surface area contributed by atoms with Gasteiger partial charge >= 0.3 is 0 Å². The topological polar surface area (TPSA) is 31.6 Å². The van der Waals surface area contributed by atoms with Crippen molar-refractivity contribution in [3.8, 4) is 0 Å². The minimum atomic E-state index is 0.877. The first-order chi connectivity index (χ1) is 7.68. The van der Waals surface area contributed by atoms with Crippen LogP contribution in [0.15, 0.2) is 22.8 Å². The Bertz CT molecular complexity index is 259. The molecule has 0 aliphatic rings. The number of nitrogens with zero attached hydrogens (tertiary/aromatic N) is 2. The van der Waals surface area contributed by atoms with Crippen molar-refractivity contribution in [2.45, 2.75) is 6.54 Å². The van der Waals surface area contributed by atoms with Crippen LogP contribution >= 0.6 is 0 Å². The summed E-state index contributed by atoms with van der Waals surface area (Å²) in [6.45, 7) is 5.06. The third-order valence-corrected chi connectivity index (χ3v) is 2.41. The molecule has 0 aromatic carbocycles. The molecule has 1 aromatic heterocycles. The molecule has 4 heteroatoms. The minimum Gasteiger partial charge on any atom is -0.468 e. The smallest absolute Gasteiger partial charge is 0.117 e. The Hall–Kier alpha value is -0.840. The average Bonchev–Trinajstić information content (AvgIpc) is 2.69. The molecule has 92 valence electrons. The van der Waals surface area contributed by atoms with Gasteiger partial charge in [-0.15, -0.1) is 0 Å². The second-order valence-corrected chi connectivity index (χ2v) is 4.37. The highest BCUT2D eigenvalue weighted by Crippen LogP contribution is 2.02. The molecule has 4 nitrogen and oxygen atoms in total. The van der Waals surface area contributed by atoms with E-state index >= 15 is 0 Å². The number of rotatable bonds is 8. The predicted molar refractivity (Wildman–Crippen MR) is 66.5 cm³/mol. The summed E-state index contributed by atoms with van der Waals surface area (Å²) < 4.78 is 5.29. The highest BCUT2D eigenvalue weighted by molar-refractivity contribution is 4.97. The molecule has 0 unspecified atom stereocenters. The van der Waals surface area contributed by atoms with Gasteiger partial charge in [0.25, 0.3) is 0 Å². The lowest BCUT2D eigenvalue weighted by molar-refractivity contribution is 0.291. The Labute approximate surface area is 98.2 Å². The van der Waals surface area contributed by atoms with Crippen LogP contribution < -0.4 is 5.32 Å². The fraction of sp³-hybridized carbons (Fsp3) is 0.667. The molecular weight excluding hydrogens is 202 g/mol. The summed E-state index contributed by atoms with van der Waals surface area (Å²) in [6, 6.07) is 3.94. The summed E-state index contributed by atoms with van der Waals surface area (Å²) in [4.78, 5) is 4.43. The molecule has 0 saturated heterocycles. The first kappa shape index (κ1) is 13.2. The van der Waals surface area contributed by atoms with E-state index in [0.29, 0.717) is 0 Å². The lowest BCUT2D eigenvalue weighted by atomic mass is 10.4. The molecular formula is C12H23N3O. The number of likely N-dealkylation sites (N-methyl/N-ethyl adjacent to an activating group) is 2. The third-order valence-electron chi connectivity index (χ3n) is 2.41. The van der Waals surface area contributed by atoms with Crippen molar-refractivity contribution >= 4 is 0 Å². The van der Waals surface area contributed by atoms with E-state index in [-0.39, 0.29) is 0 Å². The van der Waals surface area contributed by atoms with Gasteiger partial charge in [-0.05, 0) is 33.3 Å². The zero-order valence-electron chi connectivity index (χ0n) is 10.6. The highest BCUT2D eigenvalue weighted by atomic mass is 16.3. The Morgan fingerprint density at radius 3 is 2.56 bits per heavy atom. The maximum atomic E-state index is 5.29. The van der Waals surface area contributed by atoms with Crippen molar-refractivity contribution in [1.82, 2.24) is 15.1 Å². The van der Waals surface area contributed by atoms with Crippen LogP contribution in [0, 0.1) is 0 Å². The summed E-state index contributed by atoms with van der Waals surface area (Å²) in [5, 5.41) is 3.41. The van der Waals surface area contributed by atoms with E-state index in [9.17, 15) is 0 Å². The molecule has 0 fully saturated rings. The van der Waals surface area contributed by atoms with E-state index in [1.54, 1.807) is 6.26 Å². The summed E-state index contributed by atoms with van der Waals surface area (Å²) in [6.07, 6.45) is 1.72. The van der Waals surface area contributed by atoms with E-state index in [0.717, 1.165) is 38.5 Å². The second kappa shape index (κ2) is 7.44. The quantitative estimate of drug-likeness (QED) is 0.665. The van der Waals surface area contributed by atoms with E-state index < -0.39 is 0 Å². The second-order valence-electron chi connectivity index (χ2n) is 4.37. The van der Waals surface area contributed by atoms with Gasteiger partial charge in [-0.2, -0.15) is 0 Å². The molecule has 1 heterocycles. The number of nitrogens with one attached hydrogen (secondary N) is 1. The molecule has 0 bridgehead atoms. The van der Waals surface area contributed by atoms with Crippen molar-refractivity contribution in [3.05, 3.63) is 24.2 Å². The fourth-order valence-corrected chi connectivity index (χ4v) is 1.45. The largest absolute Gasteiger partial charge is 0.468 e. The number of hydrogen-bond acceptors (Lipinski definition) is 4. The SMILES string of the molecule is CN(C)CCNCCN(C)Cc1ccco1. The molecule has 0 saturated carbocycles. The van der Waals surface area contributed by atoms with Crippen LogP contribution in [0.4, 0.5) is 0 Å². The zero-order valence-corrected chi connectivity index (χ0v) is 10.6. The molecule has 1 N–H and O–H groups in total. The summed E-state index contributed by atoms with van der Waals surface area (Å²) in [5.41, 5.74) is 0. The molecule has 0 aliphatic carbocycles. The van der Waals surface area contributed by atoms with Crippen molar-refractivity contribution in [2.24, 2.45) is 0 Å².